The number of nitrogens with zero attached hydrogens (tertiary/aromatic N) is 3. The van der Waals surface area contributed by atoms with Crippen LogP contribution in [-0.2, 0) is 9.53 Å². The molecule has 0 atom stereocenters. The van der Waals surface area contributed by atoms with Gasteiger partial charge in [-0.3, -0.25) is 9.20 Å². The quantitative estimate of drug-likeness (QED) is 0.357. The molecule has 158 valence electrons. The lowest BCUT2D eigenvalue weighted by Crippen LogP contribution is -2.17. The molecule has 0 saturated carbocycles. The molecule has 2 aromatic heterocycles. The number of hydrogen-bond donors (Lipinski definition) is 1. The fraction of sp³-hybridized carbons (Fsp3) is 0.217. The summed E-state index contributed by atoms with van der Waals surface area (Å²) in [6, 6.07) is 14.9. The first-order chi connectivity index (χ1) is 15.0. The molecule has 1 N–H and O–H groups in total. The zero-order valence-corrected chi connectivity index (χ0v) is 18.3. The number of anilines is 1. The monoisotopic (exact) mass is 434 g/mol. The van der Waals surface area contributed by atoms with Crippen molar-refractivity contribution in [1.29, 1.82) is 0 Å². The molecule has 0 aliphatic rings. The molecular weight excluding hydrogens is 412 g/mol. The van der Waals surface area contributed by atoms with Gasteiger partial charge in [-0.2, -0.15) is 0 Å². The van der Waals surface area contributed by atoms with Crippen molar-refractivity contribution in [2.75, 3.05) is 17.7 Å². The van der Waals surface area contributed by atoms with Gasteiger partial charge in [0.15, 0.2) is 10.8 Å². The van der Waals surface area contributed by atoms with Crippen molar-refractivity contribution in [3.63, 3.8) is 0 Å². The molecular formula is C23H22N4O3S. The Morgan fingerprint density at radius 2 is 1.87 bits per heavy atom. The highest BCUT2D eigenvalue weighted by molar-refractivity contribution is 7.99. The first-order valence-electron chi connectivity index (χ1n) is 9.92. The van der Waals surface area contributed by atoms with Crippen molar-refractivity contribution < 1.29 is 14.3 Å². The van der Waals surface area contributed by atoms with Crippen molar-refractivity contribution in [2.45, 2.75) is 25.9 Å². The minimum atomic E-state index is -0.466. The van der Waals surface area contributed by atoms with E-state index < -0.39 is 5.97 Å². The molecule has 4 aromatic rings. The topological polar surface area (TPSA) is 85.6 Å². The standard InChI is InChI=1S/C23H22N4O3S/c1-4-30-22(29)17-9-5-6-11-18(17)24-20(28)13-31-23-26-25-19-12-15(3)16-10-7-8-14(2)21(16)27(19)23/h5-12H,4,13H2,1-3H3,(H,24,28). The molecule has 2 aromatic carbocycles. The molecule has 0 spiro atoms. The number of para-hydroxylation sites is 2. The van der Waals surface area contributed by atoms with Crippen molar-refractivity contribution in [1.82, 2.24) is 14.6 Å². The molecule has 0 fully saturated rings. The summed E-state index contributed by atoms with van der Waals surface area (Å²) in [6.45, 7) is 6.11. The van der Waals surface area contributed by atoms with Crippen molar-refractivity contribution >= 4 is 45.9 Å². The minimum absolute atomic E-state index is 0.124. The Kier molecular flexibility index (Phi) is 5.90. The highest BCUT2D eigenvalue weighted by Crippen LogP contribution is 2.28. The Hall–Kier alpha value is -3.39. The Labute approximate surface area is 183 Å². The number of amides is 1. The van der Waals surface area contributed by atoms with E-state index in [0.717, 1.165) is 27.7 Å². The van der Waals surface area contributed by atoms with E-state index in [-0.39, 0.29) is 18.3 Å². The Morgan fingerprint density at radius 3 is 2.68 bits per heavy atom. The number of pyridine rings is 1. The number of esters is 1. The number of benzene rings is 2. The Morgan fingerprint density at radius 1 is 1.06 bits per heavy atom. The summed E-state index contributed by atoms with van der Waals surface area (Å²) < 4.78 is 7.05. The van der Waals surface area contributed by atoms with Gasteiger partial charge in [0.25, 0.3) is 0 Å². The van der Waals surface area contributed by atoms with Crippen LogP contribution in [0.2, 0.25) is 0 Å². The number of ether oxygens (including phenoxy) is 1. The maximum Gasteiger partial charge on any atom is 0.340 e. The number of aryl methyl sites for hydroxylation is 2. The van der Waals surface area contributed by atoms with Crippen LogP contribution in [-0.4, -0.2) is 38.8 Å². The summed E-state index contributed by atoms with van der Waals surface area (Å²) in [5.41, 5.74) is 4.78. The summed E-state index contributed by atoms with van der Waals surface area (Å²) in [4.78, 5) is 24.7. The fourth-order valence-corrected chi connectivity index (χ4v) is 4.26. The highest BCUT2D eigenvalue weighted by atomic mass is 32.2. The van der Waals surface area contributed by atoms with Gasteiger partial charge < -0.3 is 10.1 Å². The molecule has 0 unspecified atom stereocenters. The van der Waals surface area contributed by atoms with E-state index in [0.29, 0.717) is 16.4 Å². The second-order valence-electron chi connectivity index (χ2n) is 7.08. The summed E-state index contributed by atoms with van der Waals surface area (Å²) in [7, 11) is 0. The second-order valence-corrected chi connectivity index (χ2v) is 8.02. The third kappa shape index (κ3) is 4.11. The molecule has 0 bridgehead atoms. The molecule has 2 heterocycles. The molecule has 1 amide bonds. The molecule has 0 saturated heterocycles. The number of carbonyl (C=O) groups excluding carboxylic acids is 2. The molecule has 31 heavy (non-hydrogen) atoms. The largest absolute Gasteiger partial charge is 0.462 e. The first kappa shape index (κ1) is 20.9. The van der Waals surface area contributed by atoms with Crippen LogP contribution in [0.4, 0.5) is 5.69 Å². The Balaban J connectivity index is 1.57. The van der Waals surface area contributed by atoms with E-state index in [1.54, 1.807) is 31.2 Å². The number of carbonyl (C=O) groups is 2. The van der Waals surface area contributed by atoms with Gasteiger partial charge in [0.1, 0.15) is 0 Å². The number of nitrogens with one attached hydrogen (secondary N) is 1. The van der Waals surface area contributed by atoms with E-state index in [1.165, 1.54) is 11.8 Å². The number of thioether (sulfide) groups is 1. The van der Waals surface area contributed by atoms with Gasteiger partial charge in [-0.25, -0.2) is 4.79 Å². The number of aromatic nitrogens is 3. The van der Waals surface area contributed by atoms with Crippen LogP contribution >= 0.6 is 11.8 Å². The summed E-state index contributed by atoms with van der Waals surface area (Å²) in [6.07, 6.45) is 0. The van der Waals surface area contributed by atoms with Crippen LogP contribution in [0, 0.1) is 13.8 Å². The lowest BCUT2D eigenvalue weighted by atomic mass is 10.1. The van der Waals surface area contributed by atoms with Crippen LogP contribution in [0.15, 0.2) is 53.7 Å². The van der Waals surface area contributed by atoms with E-state index in [4.69, 9.17) is 4.74 Å². The minimum Gasteiger partial charge on any atom is -0.462 e. The predicted molar refractivity (Wildman–Crippen MR) is 122 cm³/mol. The van der Waals surface area contributed by atoms with Gasteiger partial charge in [-0.1, -0.05) is 42.1 Å². The zero-order chi connectivity index (χ0) is 22.0. The first-order valence-corrected chi connectivity index (χ1v) is 10.9. The highest BCUT2D eigenvalue weighted by Gasteiger charge is 2.17. The van der Waals surface area contributed by atoms with Gasteiger partial charge in [-0.15, -0.1) is 10.2 Å². The lowest BCUT2D eigenvalue weighted by molar-refractivity contribution is -0.113. The predicted octanol–water partition coefficient (Wildman–Crippen LogP) is 4.41. The molecule has 0 radical (unpaired) electrons. The van der Waals surface area contributed by atoms with E-state index in [9.17, 15) is 9.59 Å². The zero-order valence-electron chi connectivity index (χ0n) is 17.5. The number of fused-ring (bicyclic) bond motifs is 3. The van der Waals surface area contributed by atoms with Gasteiger partial charge in [0.05, 0.1) is 29.1 Å². The summed E-state index contributed by atoms with van der Waals surface area (Å²) in [5, 5.41) is 13.2. The van der Waals surface area contributed by atoms with Crippen LogP contribution in [0.1, 0.15) is 28.4 Å². The van der Waals surface area contributed by atoms with Gasteiger partial charge in [0, 0.05) is 5.39 Å². The van der Waals surface area contributed by atoms with Crippen molar-refractivity contribution in [3.8, 4) is 0 Å². The summed E-state index contributed by atoms with van der Waals surface area (Å²) in [5.74, 6) is -0.586. The molecule has 7 nitrogen and oxygen atoms in total. The SMILES string of the molecule is CCOC(=O)c1ccccc1NC(=O)CSc1nnc2cc(C)c3cccc(C)c3n12. The lowest BCUT2D eigenvalue weighted by Gasteiger charge is -2.11. The van der Waals surface area contributed by atoms with Gasteiger partial charge >= 0.3 is 5.97 Å². The fourth-order valence-electron chi connectivity index (χ4n) is 3.52. The number of hydrogen-bond acceptors (Lipinski definition) is 6. The molecule has 4 rings (SSSR count). The van der Waals surface area contributed by atoms with Crippen LogP contribution in [0.5, 0.6) is 0 Å². The molecule has 8 heteroatoms. The van der Waals surface area contributed by atoms with E-state index in [1.807, 2.05) is 16.5 Å². The number of rotatable bonds is 6. The maximum atomic E-state index is 12.6. The molecule has 0 aliphatic carbocycles. The summed E-state index contributed by atoms with van der Waals surface area (Å²) >= 11 is 1.30. The molecule has 0 aliphatic heterocycles. The van der Waals surface area contributed by atoms with Crippen LogP contribution in [0.25, 0.3) is 16.6 Å². The average Bonchev–Trinajstić information content (AvgIpc) is 3.15. The van der Waals surface area contributed by atoms with Gasteiger partial charge in [0.2, 0.25) is 5.91 Å². The third-order valence-electron chi connectivity index (χ3n) is 4.92. The Bertz CT molecular complexity index is 1300. The van der Waals surface area contributed by atoms with Crippen LogP contribution < -0.4 is 5.32 Å². The maximum absolute atomic E-state index is 12.6. The van der Waals surface area contributed by atoms with Crippen molar-refractivity contribution in [2.24, 2.45) is 0 Å². The third-order valence-corrected chi connectivity index (χ3v) is 5.85. The van der Waals surface area contributed by atoms with Gasteiger partial charge in [-0.05, 0) is 50.1 Å². The van der Waals surface area contributed by atoms with E-state index in [2.05, 4.69) is 41.5 Å². The van der Waals surface area contributed by atoms with Crippen molar-refractivity contribution in [3.05, 3.63) is 65.2 Å². The smallest absolute Gasteiger partial charge is 0.340 e. The van der Waals surface area contributed by atoms with Crippen LogP contribution in [0.3, 0.4) is 0 Å². The van der Waals surface area contributed by atoms with E-state index >= 15 is 0 Å². The second kappa shape index (κ2) is 8.77. The normalized spacial score (nSPS) is 11.1. The average molecular weight is 435 g/mol.